The van der Waals surface area contributed by atoms with Crippen LogP contribution in [0.5, 0.6) is 0 Å². The van der Waals surface area contributed by atoms with E-state index >= 15 is 0 Å². The van der Waals surface area contributed by atoms with Gasteiger partial charge < -0.3 is 13.9 Å². The second-order valence-corrected chi connectivity index (χ2v) is 15.3. The molecular weight excluding hydrogens is 717 g/mol. The van der Waals surface area contributed by atoms with E-state index in [1.165, 1.54) is 48.9 Å². The highest BCUT2D eigenvalue weighted by Crippen LogP contribution is 2.44. The van der Waals surface area contributed by atoms with Gasteiger partial charge in [0.1, 0.15) is 11.2 Å². The maximum Gasteiger partial charge on any atom is 0.136 e. The molecule has 2 aromatic heterocycles. The lowest BCUT2D eigenvalue weighted by molar-refractivity contribution is 0.669. The molecule has 0 fully saturated rings. The molecule has 0 aliphatic rings. The fourth-order valence-electron chi connectivity index (χ4n) is 9.22. The molecule has 59 heavy (non-hydrogen) atoms. The third kappa shape index (κ3) is 5.44. The van der Waals surface area contributed by atoms with Gasteiger partial charge in [-0.15, -0.1) is 0 Å². The van der Waals surface area contributed by atoms with Gasteiger partial charge in [-0.3, -0.25) is 0 Å². The number of para-hydroxylation sites is 4. The summed E-state index contributed by atoms with van der Waals surface area (Å²) in [6.45, 7) is 0. The highest BCUT2D eigenvalue weighted by molar-refractivity contribution is 6.10. The number of hydrogen-bond acceptors (Lipinski definition) is 2. The molecule has 12 aromatic rings. The monoisotopic (exact) mass is 752 g/mol. The Morgan fingerprint density at radius 1 is 0.339 bits per heavy atom. The largest absolute Gasteiger partial charge is 0.456 e. The fraction of sp³-hybridized carbons (Fsp3) is 0. The molecule has 3 nitrogen and oxygen atoms in total. The molecule has 276 valence electrons. The Balaban J connectivity index is 1.06. The summed E-state index contributed by atoms with van der Waals surface area (Å²) in [5.41, 5.74) is 13.0. The molecule has 0 saturated carbocycles. The van der Waals surface area contributed by atoms with E-state index in [2.05, 4.69) is 216 Å². The Labute approximate surface area is 341 Å². The van der Waals surface area contributed by atoms with E-state index in [4.69, 9.17) is 4.42 Å². The van der Waals surface area contributed by atoms with E-state index in [9.17, 15) is 0 Å². The minimum absolute atomic E-state index is 0.879. The lowest BCUT2D eigenvalue weighted by atomic mass is 9.97. The first-order valence-corrected chi connectivity index (χ1v) is 20.2. The van der Waals surface area contributed by atoms with Gasteiger partial charge in [-0.05, 0) is 111 Å². The summed E-state index contributed by atoms with van der Waals surface area (Å²) in [4.78, 5) is 2.41. The predicted molar refractivity (Wildman–Crippen MR) is 249 cm³/mol. The van der Waals surface area contributed by atoms with E-state index in [1.807, 2.05) is 12.1 Å². The van der Waals surface area contributed by atoms with Gasteiger partial charge in [-0.25, -0.2) is 0 Å². The van der Waals surface area contributed by atoms with Crippen molar-refractivity contribution in [2.75, 3.05) is 4.90 Å². The van der Waals surface area contributed by atoms with Crippen LogP contribution in [0, 0.1) is 0 Å². The van der Waals surface area contributed by atoms with E-state index in [0.717, 1.165) is 61.4 Å². The van der Waals surface area contributed by atoms with E-state index in [0.29, 0.717) is 0 Å². The molecule has 0 aliphatic heterocycles. The van der Waals surface area contributed by atoms with Crippen LogP contribution in [-0.2, 0) is 0 Å². The average Bonchev–Trinajstić information content (AvgIpc) is 3.85. The summed E-state index contributed by atoms with van der Waals surface area (Å²) < 4.78 is 8.81. The van der Waals surface area contributed by atoms with Crippen molar-refractivity contribution in [3.63, 3.8) is 0 Å². The van der Waals surface area contributed by atoms with Crippen LogP contribution in [0.2, 0.25) is 0 Å². The summed E-state index contributed by atoms with van der Waals surface area (Å²) >= 11 is 0. The number of anilines is 3. The van der Waals surface area contributed by atoms with Crippen molar-refractivity contribution in [3.8, 4) is 27.9 Å². The Hall–Kier alpha value is -7.88. The van der Waals surface area contributed by atoms with Crippen molar-refractivity contribution < 1.29 is 4.42 Å². The van der Waals surface area contributed by atoms with Crippen LogP contribution in [0.25, 0.3) is 93.2 Å². The zero-order valence-electron chi connectivity index (χ0n) is 32.1. The minimum Gasteiger partial charge on any atom is -0.456 e. The van der Waals surface area contributed by atoms with Gasteiger partial charge in [0.25, 0.3) is 0 Å². The Kier molecular flexibility index (Phi) is 7.54. The molecule has 3 heteroatoms. The van der Waals surface area contributed by atoms with Crippen LogP contribution in [0.4, 0.5) is 17.1 Å². The van der Waals surface area contributed by atoms with Gasteiger partial charge in [-0.1, -0.05) is 146 Å². The number of aromatic nitrogens is 1. The second-order valence-electron chi connectivity index (χ2n) is 15.3. The first kappa shape index (κ1) is 33.3. The molecule has 2 heterocycles. The molecule has 0 aliphatic carbocycles. The third-order valence-corrected chi connectivity index (χ3v) is 11.9. The Bertz CT molecular complexity index is 3540. The van der Waals surface area contributed by atoms with Crippen LogP contribution >= 0.6 is 0 Å². The normalized spacial score (nSPS) is 11.7. The Morgan fingerprint density at radius 3 is 1.78 bits per heavy atom. The van der Waals surface area contributed by atoms with Crippen molar-refractivity contribution in [3.05, 3.63) is 218 Å². The summed E-state index contributed by atoms with van der Waals surface area (Å²) in [6.07, 6.45) is 0. The molecule has 0 saturated heterocycles. The third-order valence-electron chi connectivity index (χ3n) is 11.9. The number of rotatable bonds is 6. The Morgan fingerprint density at radius 2 is 0.932 bits per heavy atom. The lowest BCUT2D eigenvalue weighted by Crippen LogP contribution is -2.12. The molecule has 0 unspecified atom stereocenters. The smallest absolute Gasteiger partial charge is 0.136 e. The average molecular weight is 753 g/mol. The number of fused-ring (bicyclic) bond motifs is 9. The summed E-state index contributed by atoms with van der Waals surface area (Å²) in [7, 11) is 0. The molecule has 0 amide bonds. The lowest BCUT2D eigenvalue weighted by Gasteiger charge is -2.29. The maximum absolute atomic E-state index is 6.41. The zero-order chi connectivity index (χ0) is 38.9. The summed E-state index contributed by atoms with van der Waals surface area (Å²) in [5.74, 6) is 0. The molecule has 0 bridgehead atoms. The molecule has 0 spiro atoms. The molecule has 0 atom stereocenters. The predicted octanol–water partition coefficient (Wildman–Crippen LogP) is 15.8. The zero-order valence-corrected chi connectivity index (χ0v) is 32.1. The molecule has 0 radical (unpaired) electrons. The minimum atomic E-state index is 0.879. The van der Waals surface area contributed by atoms with Crippen LogP contribution in [0.3, 0.4) is 0 Å². The van der Waals surface area contributed by atoms with Crippen molar-refractivity contribution in [1.29, 1.82) is 0 Å². The van der Waals surface area contributed by atoms with Crippen molar-refractivity contribution in [1.82, 2.24) is 4.57 Å². The molecule has 12 rings (SSSR count). The topological polar surface area (TPSA) is 21.3 Å². The van der Waals surface area contributed by atoms with Gasteiger partial charge in [0.05, 0.1) is 16.7 Å². The first-order valence-electron chi connectivity index (χ1n) is 20.2. The SMILES string of the molecule is c1cc(-c2ccc3c(ccc4ccccc43)c2)cc(N(c2cccc(-n3c4ccccc4c4ccccc43)c2)c2ccccc2-c2ccc3c(c2)oc2ccccc23)c1. The van der Waals surface area contributed by atoms with Crippen molar-refractivity contribution >= 4 is 82.4 Å². The van der Waals surface area contributed by atoms with Gasteiger partial charge in [0, 0.05) is 44.2 Å². The summed E-state index contributed by atoms with van der Waals surface area (Å²) in [5, 5.41) is 9.76. The quantitative estimate of drug-likeness (QED) is 0.158. The van der Waals surface area contributed by atoms with Crippen LogP contribution in [0.15, 0.2) is 223 Å². The standard InChI is InChI=1S/C56H36N2O/c1-2-18-45-37(13-1)27-28-40-33-39(29-31-46(40)45)38-14-11-15-42(34-38)57(43-16-12-17-44(36-43)58-53-24-8-4-20-48(53)49-21-5-9-25-54(49)58)52-23-7-3-19-47(52)41-30-32-51-50-22-6-10-26-55(50)59-56(51)35-41/h1-36H. The van der Waals surface area contributed by atoms with Gasteiger partial charge in [-0.2, -0.15) is 0 Å². The number of furan rings is 1. The van der Waals surface area contributed by atoms with Crippen LogP contribution < -0.4 is 4.90 Å². The van der Waals surface area contributed by atoms with Crippen LogP contribution in [0.1, 0.15) is 0 Å². The van der Waals surface area contributed by atoms with Crippen molar-refractivity contribution in [2.24, 2.45) is 0 Å². The summed E-state index contributed by atoms with van der Waals surface area (Å²) in [6, 6.07) is 78.9. The van der Waals surface area contributed by atoms with Gasteiger partial charge in [0.15, 0.2) is 0 Å². The number of hydrogen-bond donors (Lipinski definition) is 0. The highest BCUT2D eigenvalue weighted by atomic mass is 16.3. The van der Waals surface area contributed by atoms with Crippen LogP contribution in [-0.4, -0.2) is 4.57 Å². The van der Waals surface area contributed by atoms with E-state index in [-0.39, 0.29) is 0 Å². The van der Waals surface area contributed by atoms with Gasteiger partial charge in [0.2, 0.25) is 0 Å². The van der Waals surface area contributed by atoms with E-state index in [1.54, 1.807) is 0 Å². The molecule has 10 aromatic carbocycles. The molecule has 0 N–H and O–H groups in total. The van der Waals surface area contributed by atoms with Gasteiger partial charge >= 0.3 is 0 Å². The number of nitrogens with zero attached hydrogens (tertiary/aromatic N) is 2. The fourth-order valence-corrected chi connectivity index (χ4v) is 9.22. The molecular formula is C56H36N2O. The maximum atomic E-state index is 6.41. The van der Waals surface area contributed by atoms with E-state index < -0.39 is 0 Å². The van der Waals surface area contributed by atoms with Crippen molar-refractivity contribution in [2.45, 2.75) is 0 Å². The first-order chi connectivity index (χ1) is 29.2. The number of benzene rings is 10. The second kappa shape index (κ2) is 13.4. The highest BCUT2D eigenvalue weighted by Gasteiger charge is 2.20.